The summed E-state index contributed by atoms with van der Waals surface area (Å²) in [5.74, 6) is -0.522. The first-order valence-corrected chi connectivity index (χ1v) is 8.81. The fourth-order valence-corrected chi connectivity index (χ4v) is 3.04. The van der Waals surface area contributed by atoms with Gasteiger partial charge in [-0.25, -0.2) is 0 Å². The van der Waals surface area contributed by atoms with E-state index < -0.39 is 0 Å². The summed E-state index contributed by atoms with van der Waals surface area (Å²) in [5.41, 5.74) is 3.39. The van der Waals surface area contributed by atoms with Crippen molar-refractivity contribution in [1.82, 2.24) is 14.8 Å². The van der Waals surface area contributed by atoms with Gasteiger partial charge in [0, 0.05) is 43.6 Å². The Morgan fingerprint density at radius 3 is 2.48 bits per heavy atom. The van der Waals surface area contributed by atoms with Gasteiger partial charge in [-0.1, -0.05) is 17.7 Å². The Labute approximate surface area is 158 Å². The summed E-state index contributed by atoms with van der Waals surface area (Å²) in [4.78, 5) is 43.4. The number of rotatable bonds is 4. The molecule has 1 saturated heterocycles. The average molecular weight is 366 g/mol. The normalized spacial score (nSPS) is 14.0. The van der Waals surface area contributed by atoms with Gasteiger partial charge in [-0.2, -0.15) is 0 Å². The Kier molecular flexibility index (Phi) is 5.49. The number of piperazine rings is 1. The Bertz CT molecular complexity index is 873. The van der Waals surface area contributed by atoms with E-state index in [1.807, 2.05) is 32.0 Å². The van der Waals surface area contributed by atoms with Crippen LogP contribution in [0.4, 0.5) is 5.69 Å². The van der Waals surface area contributed by atoms with Gasteiger partial charge >= 0.3 is 0 Å². The molecule has 1 fully saturated rings. The number of carbonyl (C=O) groups excluding carboxylic acids is 3. The molecule has 0 bridgehead atoms. The molecular formula is C20H22N4O3. The standard InChI is InChI=1S/C20H22N4O3/c1-14-3-4-17(15(2)11-14)22-19(26)18-12-16(5-6-21-18)20(27)24-9-7-23(13-25)8-10-24/h3-6,11-13H,7-10H2,1-2H3,(H,22,26). The van der Waals surface area contributed by atoms with E-state index in [0.29, 0.717) is 37.4 Å². The van der Waals surface area contributed by atoms with E-state index in [4.69, 9.17) is 0 Å². The predicted octanol–water partition coefficient (Wildman–Crippen LogP) is 1.86. The van der Waals surface area contributed by atoms with Crippen LogP contribution >= 0.6 is 0 Å². The lowest BCUT2D eigenvalue weighted by Crippen LogP contribution is -2.48. The first-order valence-electron chi connectivity index (χ1n) is 8.81. The van der Waals surface area contributed by atoms with Gasteiger partial charge < -0.3 is 15.1 Å². The quantitative estimate of drug-likeness (QED) is 0.838. The zero-order valence-corrected chi connectivity index (χ0v) is 15.4. The maximum absolute atomic E-state index is 12.7. The summed E-state index contributed by atoms with van der Waals surface area (Å²) in [7, 11) is 0. The molecule has 1 N–H and O–H groups in total. The van der Waals surface area contributed by atoms with Crippen LogP contribution in [0.1, 0.15) is 32.0 Å². The Morgan fingerprint density at radius 1 is 1.07 bits per heavy atom. The number of anilines is 1. The average Bonchev–Trinajstić information content (AvgIpc) is 2.69. The predicted molar refractivity (Wildman–Crippen MR) is 102 cm³/mol. The minimum atomic E-state index is -0.359. The second-order valence-electron chi connectivity index (χ2n) is 6.64. The molecule has 2 heterocycles. The Morgan fingerprint density at radius 2 is 1.81 bits per heavy atom. The van der Waals surface area contributed by atoms with E-state index in [-0.39, 0.29) is 17.5 Å². The van der Waals surface area contributed by atoms with E-state index in [1.165, 1.54) is 12.3 Å². The number of aryl methyl sites for hydroxylation is 2. The number of aromatic nitrogens is 1. The van der Waals surface area contributed by atoms with Crippen LogP contribution in [0.25, 0.3) is 0 Å². The highest BCUT2D eigenvalue weighted by atomic mass is 16.2. The van der Waals surface area contributed by atoms with E-state index in [0.717, 1.165) is 17.5 Å². The summed E-state index contributed by atoms with van der Waals surface area (Å²) >= 11 is 0. The third kappa shape index (κ3) is 4.31. The number of nitrogens with one attached hydrogen (secondary N) is 1. The fraction of sp³-hybridized carbons (Fsp3) is 0.300. The highest BCUT2D eigenvalue weighted by molar-refractivity contribution is 6.05. The molecule has 0 atom stereocenters. The minimum absolute atomic E-state index is 0.163. The number of nitrogens with zero attached hydrogens (tertiary/aromatic N) is 3. The van der Waals surface area contributed by atoms with Gasteiger partial charge in [-0.15, -0.1) is 0 Å². The smallest absolute Gasteiger partial charge is 0.274 e. The lowest BCUT2D eigenvalue weighted by molar-refractivity contribution is -0.119. The second kappa shape index (κ2) is 7.99. The molecule has 2 aromatic rings. The highest BCUT2D eigenvalue weighted by Crippen LogP contribution is 2.17. The number of carbonyl (C=O) groups is 3. The second-order valence-corrected chi connectivity index (χ2v) is 6.64. The largest absolute Gasteiger partial charge is 0.342 e. The van der Waals surface area contributed by atoms with Crippen LogP contribution in [0.5, 0.6) is 0 Å². The van der Waals surface area contributed by atoms with E-state index >= 15 is 0 Å². The van der Waals surface area contributed by atoms with Crippen molar-refractivity contribution < 1.29 is 14.4 Å². The number of hydrogen-bond acceptors (Lipinski definition) is 4. The van der Waals surface area contributed by atoms with Crippen LogP contribution in [0.3, 0.4) is 0 Å². The van der Waals surface area contributed by atoms with Crippen LogP contribution < -0.4 is 5.32 Å². The van der Waals surface area contributed by atoms with Gasteiger partial charge in [0.2, 0.25) is 6.41 Å². The Hall–Kier alpha value is -3.22. The van der Waals surface area contributed by atoms with Crippen molar-refractivity contribution in [2.45, 2.75) is 13.8 Å². The summed E-state index contributed by atoms with van der Waals surface area (Å²) in [6, 6.07) is 8.87. The van der Waals surface area contributed by atoms with Crippen LogP contribution in [0.15, 0.2) is 36.5 Å². The topological polar surface area (TPSA) is 82.6 Å². The van der Waals surface area contributed by atoms with E-state index in [2.05, 4.69) is 10.3 Å². The molecule has 3 rings (SSSR count). The molecule has 1 aliphatic rings. The fourth-order valence-electron chi connectivity index (χ4n) is 3.04. The molecule has 7 heteroatoms. The maximum atomic E-state index is 12.7. The van der Waals surface area contributed by atoms with E-state index in [9.17, 15) is 14.4 Å². The lowest BCUT2D eigenvalue weighted by atomic mass is 10.1. The first-order chi connectivity index (χ1) is 13.0. The van der Waals surface area contributed by atoms with Crippen molar-refractivity contribution in [3.63, 3.8) is 0 Å². The summed E-state index contributed by atoms with van der Waals surface area (Å²) in [5, 5.41) is 2.84. The van der Waals surface area contributed by atoms with Crippen molar-refractivity contribution >= 4 is 23.9 Å². The molecule has 1 aromatic carbocycles. The number of benzene rings is 1. The molecule has 140 valence electrons. The highest BCUT2D eigenvalue weighted by Gasteiger charge is 2.22. The van der Waals surface area contributed by atoms with E-state index in [1.54, 1.807) is 15.9 Å². The van der Waals surface area contributed by atoms with Crippen molar-refractivity contribution in [2.75, 3.05) is 31.5 Å². The van der Waals surface area contributed by atoms with Crippen molar-refractivity contribution in [1.29, 1.82) is 0 Å². The molecule has 1 aromatic heterocycles. The molecule has 1 aliphatic heterocycles. The summed E-state index contributed by atoms with van der Waals surface area (Å²) in [6.07, 6.45) is 2.26. The monoisotopic (exact) mass is 366 g/mol. The lowest BCUT2D eigenvalue weighted by Gasteiger charge is -2.32. The van der Waals surface area contributed by atoms with Crippen molar-refractivity contribution in [2.24, 2.45) is 0 Å². The van der Waals surface area contributed by atoms with Gasteiger partial charge in [-0.05, 0) is 37.6 Å². The van der Waals surface area contributed by atoms with Gasteiger partial charge in [0.05, 0.1) is 0 Å². The van der Waals surface area contributed by atoms with Crippen molar-refractivity contribution in [3.05, 3.63) is 58.9 Å². The maximum Gasteiger partial charge on any atom is 0.274 e. The van der Waals surface area contributed by atoms with Crippen molar-refractivity contribution in [3.8, 4) is 0 Å². The van der Waals surface area contributed by atoms with Crippen LogP contribution in [0, 0.1) is 13.8 Å². The molecule has 0 unspecified atom stereocenters. The first kappa shape index (κ1) is 18.6. The zero-order valence-electron chi connectivity index (χ0n) is 15.4. The third-order valence-corrected chi connectivity index (χ3v) is 4.62. The summed E-state index contributed by atoms with van der Waals surface area (Å²) in [6.45, 7) is 5.90. The Balaban J connectivity index is 1.72. The third-order valence-electron chi connectivity index (χ3n) is 4.62. The number of pyridine rings is 1. The molecule has 3 amide bonds. The summed E-state index contributed by atoms with van der Waals surface area (Å²) < 4.78 is 0. The molecule has 27 heavy (non-hydrogen) atoms. The van der Waals surface area contributed by atoms with Crippen LogP contribution in [-0.4, -0.2) is 59.2 Å². The minimum Gasteiger partial charge on any atom is -0.342 e. The van der Waals surface area contributed by atoms with Crippen LogP contribution in [-0.2, 0) is 4.79 Å². The number of amides is 3. The molecule has 7 nitrogen and oxygen atoms in total. The molecule has 0 radical (unpaired) electrons. The SMILES string of the molecule is Cc1ccc(NC(=O)c2cc(C(=O)N3CCN(C=O)CC3)ccn2)c(C)c1. The zero-order chi connectivity index (χ0) is 19.4. The number of hydrogen-bond donors (Lipinski definition) is 1. The molecule has 0 saturated carbocycles. The molecule has 0 spiro atoms. The van der Waals surface area contributed by atoms with Gasteiger partial charge in [0.25, 0.3) is 11.8 Å². The van der Waals surface area contributed by atoms with Crippen LogP contribution in [0.2, 0.25) is 0 Å². The molecular weight excluding hydrogens is 344 g/mol. The van der Waals surface area contributed by atoms with Gasteiger partial charge in [0.1, 0.15) is 5.69 Å². The molecule has 0 aliphatic carbocycles. The van der Waals surface area contributed by atoms with Gasteiger partial charge in [0.15, 0.2) is 0 Å². The van der Waals surface area contributed by atoms with Gasteiger partial charge in [-0.3, -0.25) is 19.4 Å².